The van der Waals surface area contributed by atoms with E-state index in [-0.39, 0.29) is 6.61 Å². The number of aromatic nitrogens is 4. The summed E-state index contributed by atoms with van der Waals surface area (Å²) in [6, 6.07) is 3.95. The van der Waals surface area contributed by atoms with Crippen LogP contribution in [-0.4, -0.2) is 44.6 Å². The summed E-state index contributed by atoms with van der Waals surface area (Å²) in [5.74, 6) is 2.53. The number of methoxy groups -OCH3 is 1. The Morgan fingerprint density at radius 2 is 2.26 bits per heavy atom. The molecule has 0 amide bonds. The van der Waals surface area contributed by atoms with Crippen LogP contribution in [0, 0.1) is 0 Å². The Labute approximate surface area is 139 Å². The summed E-state index contributed by atoms with van der Waals surface area (Å²) in [5, 5.41) is 21.7. The van der Waals surface area contributed by atoms with Gasteiger partial charge >= 0.3 is 0 Å². The monoisotopic (exact) mass is 337 g/mol. The molecule has 3 rings (SSSR count). The Hall–Kier alpha value is -1.70. The molecule has 0 bridgehead atoms. The number of pyridine rings is 1. The minimum atomic E-state index is -0.116. The lowest BCUT2D eigenvalue weighted by atomic mass is 9.79. The van der Waals surface area contributed by atoms with Crippen molar-refractivity contribution in [2.75, 3.05) is 19.0 Å². The molecule has 1 fully saturated rings. The quantitative estimate of drug-likeness (QED) is 0.801. The first-order valence-corrected chi connectivity index (χ1v) is 7.99. The van der Waals surface area contributed by atoms with Crippen molar-refractivity contribution in [1.82, 2.24) is 19.7 Å². The average molecular weight is 338 g/mol. The number of rotatable bonds is 7. The lowest BCUT2D eigenvalue weighted by Crippen LogP contribution is -2.36. The number of nitrogens with one attached hydrogen (secondary N) is 1. The second-order valence-electron chi connectivity index (χ2n) is 5.62. The molecule has 124 valence electrons. The minimum Gasteiger partial charge on any atom is -0.388 e. The van der Waals surface area contributed by atoms with Gasteiger partial charge < -0.3 is 19.7 Å². The smallest absolute Gasteiger partial charge is 0.158 e. The molecule has 0 spiro atoms. The molecule has 2 N–H and O–H groups in total. The third-order valence-electron chi connectivity index (χ3n) is 4.12. The van der Waals surface area contributed by atoms with E-state index in [4.69, 9.17) is 16.3 Å². The number of aliphatic hydroxyl groups excluding tert-OH is 1. The highest BCUT2D eigenvalue weighted by Crippen LogP contribution is 2.38. The van der Waals surface area contributed by atoms with E-state index in [0.717, 1.165) is 24.5 Å². The Balaban J connectivity index is 1.63. The summed E-state index contributed by atoms with van der Waals surface area (Å²) in [5.41, 5.74) is 0. The predicted octanol–water partition coefficient (Wildman–Crippen LogP) is 1.82. The van der Waals surface area contributed by atoms with Crippen LogP contribution in [0.2, 0.25) is 5.02 Å². The van der Waals surface area contributed by atoms with Crippen LogP contribution in [0.5, 0.6) is 0 Å². The van der Waals surface area contributed by atoms with E-state index in [0.29, 0.717) is 36.0 Å². The van der Waals surface area contributed by atoms with Crippen molar-refractivity contribution in [3.63, 3.8) is 0 Å². The van der Waals surface area contributed by atoms with Crippen molar-refractivity contribution in [3.05, 3.63) is 35.0 Å². The summed E-state index contributed by atoms with van der Waals surface area (Å²) in [4.78, 5) is 4.25. The maximum Gasteiger partial charge on any atom is 0.158 e. The van der Waals surface area contributed by atoms with Crippen LogP contribution < -0.4 is 5.32 Å². The van der Waals surface area contributed by atoms with Crippen molar-refractivity contribution in [2.45, 2.75) is 38.0 Å². The lowest BCUT2D eigenvalue weighted by Gasteiger charge is -2.35. The van der Waals surface area contributed by atoms with Crippen LogP contribution in [0.1, 0.15) is 30.4 Å². The first-order valence-electron chi connectivity index (χ1n) is 7.61. The molecular weight excluding hydrogens is 318 g/mol. The minimum absolute atomic E-state index is 0.116. The number of halogens is 1. The Kier molecular flexibility index (Phi) is 5.09. The third kappa shape index (κ3) is 3.46. The predicted molar refractivity (Wildman–Crippen MR) is 86.5 cm³/mol. The molecule has 1 aliphatic rings. The van der Waals surface area contributed by atoms with E-state index in [9.17, 15) is 5.11 Å². The molecule has 2 aromatic heterocycles. The maximum atomic E-state index is 9.38. The molecule has 1 aliphatic carbocycles. The van der Waals surface area contributed by atoms with Gasteiger partial charge in [-0.2, -0.15) is 0 Å². The third-order valence-corrected chi connectivity index (χ3v) is 4.42. The normalized spacial score (nSPS) is 20.3. The summed E-state index contributed by atoms with van der Waals surface area (Å²) >= 11 is 6.11. The highest BCUT2D eigenvalue weighted by Gasteiger charge is 2.34. The molecule has 0 radical (unpaired) electrons. The zero-order valence-electron chi connectivity index (χ0n) is 12.9. The van der Waals surface area contributed by atoms with Crippen molar-refractivity contribution in [1.29, 1.82) is 0 Å². The van der Waals surface area contributed by atoms with E-state index in [2.05, 4.69) is 20.5 Å². The number of hydrogen-bond donors (Lipinski definition) is 2. The second-order valence-corrected chi connectivity index (χ2v) is 6.03. The van der Waals surface area contributed by atoms with Crippen LogP contribution in [0.3, 0.4) is 0 Å². The van der Waals surface area contributed by atoms with Gasteiger partial charge in [0.25, 0.3) is 0 Å². The largest absolute Gasteiger partial charge is 0.388 e. The second kappa shape index (κ2) is 7.25. The molecule has 23 heavy (non-hydrogen) atoms. The first-order chi connectivity index (χ1) is 11.2. The van der Waals surface area contributed by atoms with Crippen molar-refractivity contribution in [3.8, 4) is 0 Å². The highest BCUT2D eigenvalue weighted by atomic mass is 35.5. The average Bonchev–Trinajstić information content (AvgIpc) is 2.92. The first kappa shape index (κ1) is 16.2. The lowest BCUT2D eigenvalue weighted by molar-refractivity contribution is 0.179. The highest BCUT2D eigenvalue weighted by molar-refractivity contribution is 6.32. The van der Waals surface area contributed by atoms with Crippen molar-refractivity contribution >= 4 is 17.4 Å². The van der Waals surface area contributed by atoms with E-state index in [1.165, 1.54) is 0 Å². The summed E-state index contributed by atoms with van der Waals surface area (Å²) in [6.07, 6.45) is 3.59. The molecule has 0 unspecified atom stereocenters. The van der Waals surface area contributed by atoms with E-state index < -0.39 is 0 Å². The van der Waals surface area contributed by atoms with Gasteiger partial charge in [-0.05, 0) is 25.0 Å². The van der Waals surface area contributed by atoms with Crippen molar-refractivity contribution in [2.24, 2.45) is 0 Å². The Morgan fingerprint density at radius 3 is 2.96 bits per heavy atom. The molecule has 0 saturated heterocycles. The SMILES string of the molecule is COCCn1c(CO)nnc1C1CC(Nc2ncccc2Cl)C1. The van der Waals surface area contributed by atoms with Gasteiger partial charge in [0.05, 0.1) is 11.6 Å². The fourth-order valence-electron chi connectivity index (χ4n) is 2.83. The van der Waals surface area contributed by atoms with Gasteiger partial charge in [-0.15, -0.1) is 10.2 Å². The summed E-state index contributed by atoms with van der Waals surface area (Å²) in [6.45, 7) is 1.10. The van der Waals surface area contributed by atoms with Crippen molar-refractivity contribution < 1.29 is 9.84 Å². The Bertz CT molecular complexity index is 657. The standard InChI is InChI=1S/C15H20ClN5O2/c1-23-6-5-21-13(9-22)19-20-15(21)10-7-11(8-10)18-14-12(16)3-2-4-17-14/h2-4,10-11,22H,5-9H2,1H3,(H,17,18). The molecule has 0 aromatic carbocycles. The summed E-state index contributed by atoms with van der Waals surface area (Å²) < 4.78 is 7.08. The Morgan fingerprint density at radius 1 is 1.43 bits per heavy atom. The van der Waals surface area contributed by atoms with Crippen LogP contribution >= 0.6 is 11.6 Å². The number of ether oxygens (including phenoxy) is 1. The zero-order chi connectivity index (χ0) is 16.2. The number of hydrogen-bond acceptors (Lipinski definition) is 6. The van der Waals surface area contributed by atoms with Gasteiger partial charge in [0, 0.05) is 31.8 Å². The molecule has 8 heteroatoms. The topological polar surface area (TPSA) is 85.1 Å². The number of aliphatic hydroxyl groups is 1. The van der Waals surface area contributed by atoms with Crippen LogP contribution in [0.25, 0.3) is 0 Å². The summed E-state index contributed by atoms with van der Waals surface area (Å²) in [7, 11) is 1.66. The fourth-order valence-corrected chi connectivity index (χ4v) is 3.00. The fraction of sp³-hybridized carbons (Fsp3) is 0.533. The van der Waals surface area contributed by atoms with Crippen LogP contribution in [0.15, 0.2) is 18.3 Å². The molecule has 7 nitrogen and oxygen atoms in total. The molecule has 1 saturated carbocycles. The number of anilines is 1. The zero-order valence-corrected chi connectivity index (χ0v) is 13.7. The van der Waals surface area contributed by atoms with Gasteiger partial charge in [0.15, 0.2) is 5.82 Å². The molecular formula is C15H20ClN5O2. The van der Waals surface area contributed by atoms with Crippen LogP contribution in [0.4, 0.5) is 5.82 Å². The molecule has 0 aliphatic heterocycles. The van der Waals surface area contributed by atoms with Gasteiger partial charge in [0.1, 0.15) is 18.2 Å². The van der Waals surface area contributed by atoms with E-state index in [1.54, 1.807) is 13.3 Å². The van der Waals surface area contributed by atoms with E-state index in [1.807, 2.05) is 16.7 Å². The van der Waals surface area contributed by atoms with Gasteiger partial charge in [-0.25, -0.2) is 4.98 Å². The molecule has 2 heterocycles. The molecule has 0 atom stereocenters. The van der Waals surface area contributed by atoms with Crippen LogP contribution in [-0.2, 0) is 17.9 Å². The van der Waals surface area contributed by atoms with Gasteiger partial charge in [-0.1, -0.05) is 11.6 Å². The van der Waals surface area contributed by atoms with E-state index >= 15 is 0 Å². The number of nitrogens with zero attached hydrogens (tertiary/aromatic N) is 4. The molecule has 2 aromatic rings. The maximum absolute atomic E-state index is 9.38. The van der Waals surface area contributed by atoms with Gasteiger partial charge in [-0.3, -0.25) is 0 Å². The van der Waals surface area contributed by atoms with Gasteiger partial charge in [0.2, 0.25) is 0 Å².